The monoisotopic (exact) mass is 381 g/mol. The number of halogens is 3. The number of rotatable bonds is 2. The number of thiophene rings is 1. The zero-order chi connectivity index (χ0) is 15.8. The van der Waals surface area contributed by atoms with Gasteiger partial charge in [0.05, 0.1) is 0 Å². The van der Waals surface area contributed by atoms with Crippen molar-refractivity contribution in [1.29, 1.82) is 5.26 Å². The van der Waals surface area contributed by atoms with Gasteiger partial charge in [-0.25, -0.2) is 4.79 Å². The van der Waals surface area contributed by atoms with Gasteiger partial charge >= 0.3 is 5.69 Å². The normalized spacial score (nSPS) is 11.4. The highest BCUT2D eigenvalue weighted by Crippen LogP contribution is 2.38. The third-order valence-electron chi connectivity index (χ3n) is 2.32. The van der Waals surface area contributed by atoms with Crippen molar-refractivity contribution in [2.45, 2.75) is 10.0 Å². The van der Waals surface area contributed by atoms with Crippen LogP contribution in [0.25, 0.3) is 5.00 Å². The Balaban J connectivity index is 2.75. The Morgan fingerprint density at radius 2 is 2.05 bits per heavy atom. The van der Waals surface area contributed by atoms with E-state index in [0.717, 1.165) is 5.56 Å². The predicted molar refractivity (Wildman–Crippen MR) is 86.9 cm³/mol. The van der Waals surface area contributed by atoms with Gasteiger partial charge in [-0.1, -0.05) is 34.8 Å². The van der Waals surface area contributed by atoms with Crippen molar-refractivity contribution in [3.05, 3.63) is 49.6 Å². The number of aryl methyl sites for hydroxylation is 1. The molecule has 2 aromatic rings. The number of nitrogens with zero attached hydrogens (tertiary/aromatic N) is 3. The molecule has 2 aromatic heterocycles. The smallest absolute Gasteiger partial charge is 0.267 e. The molecule has 0 aromatic carbocycles. The Labute approximate surface area is 142 Å². The summed E-state index contributed by atoms with van der Waals surface area (Å²) in [5, 5.41) is 11.4. The predicted octanol–water partition coefficient (Wildman–Crippen LogP) is 3.06. The molecule has 0 radical (unpaired) electrons. The maximum atomic E-state index is 12.4. The van der Waals surface area contributed by atoms with E-state index in [0.29, 0.717) is 20.9 Å². The van der Waals surface area contributed by atoms with E-state index in [-0.39, 0.29) is 5.56 Å². The van der Waals surface area contributed by atoms with Crippen LogP contribution in [-0.4, -0.2) is 11.7 Å². The lowest BCUT2D eigenvalue weighted by atomic mass is 10.3. The Morgan fingerprint density at radius 3 is 2.52 bits per heavy atom. The molecule has 5 nitrogen and oxygen atoms in total. The van der Waals surface area contributed by atoms with Gasteiger partial charge in [-0.15, -0.1) is 11.3 Å². The van der Waals surface area contributed by atoms with Crippen LogP contribution < -0.4 is 11.2 Å². The molecule has 0 unspecified atom stereocenters. The Kier molecular flexibility index (Phi) is 4.76. The van der Waals surface area contributed by atoms with Crippen LogP contribution in [-0.2, 0) is 0 Å². The summed E-state index contributed by atoms with van der Waals surface area (Å²) in [5.74, 6) is 0. The van der Waals surface area contributed by atoms with E-state index in [1.807, 2.05) is 12.3 Å². The highest BCUT2D eigenvalue weighted by Gasteiger charge is 2.26. The first-order valence-electron chi connectivity index (χ1n) is 5.33. The average Bonchev–Trinajstić information content (AvgIpc) is 2.80. The fraction of sp³-hybridized carbons (Fsp3) is 0.182. The Morgan fingerprint density at radius 1 is 1.38 bits per heavy atom. The van der Waals surface area contributed by atoms with E-state index in [2.05, 4.69) is 0 Å². The van der Waals surface area contributed by atoms with E-state index >= 15 is 0 Å². The second-order valence-corrected chi connectivity index (χ2v) is 8.91. The van der Waals surface area contributed by atoms with Crippen molar-refractivity contribution in [1.82, 2.24) is 8.54 Å². The maximum absolute atomic E-state index is 12.4. The van der Waals surface area contributed by atoms with Crippen LogP contribution in [0.1, 0.15) is 11.1 Å². The summed E-state index contributed by atoms with van der Waals surface area (Å²) in [6.45, 7) is 1.86. The van der Waals surface area contributed by atoms with Gasteiger partial charge in [-0.2, -0.15) is 9.23 Å². The topological polar surface area (TPSA) is 67.8 Å². The zero-order valence-electron chi connectivity index (χ0n) is 10.3. The first-order valence-corrected chi connectivity index (χ1v) is 8.12. The molecule has 0 saturated carbocycles. The molecular formula is C11H6Cl3N3O2S2. The molecule has 0 bridgehead atoms. The van der Waals surface area contributed by atoms with E-state index in [1.165, 1.54) is 22.1 Å². The Bertz CT molecular complexity index is 842. The summed E-state index contributed by atoms with van der Waals surface area (Å²) >= 11 is 18.6. The molecule has 0 N–H and O–H groups in total. The van der Waals surface area contributed by atoms with E-state index in [9.17, 15) is 9.59 Å². The number of hydrogen-bond donors (Lipinski definition) is 0. The minimum atomic E-state index is -1.90. The quantitative estimate of drug-likeness (QED) is 0.749. The summed E-state index contributed by atoms with van der Waals surface area (Å²) in [6.07, 6.45) is 1.19. The van der Waals surface area contributed by atoms with Gasteiger partial charge < -0.3 is 0 Å². The van der Waals surface area contributed by atoms with Crippen molar-refractivity contribution < 1.29 is 0 Å². The summed E-state index contributed by atoms with van der Waals surface area (Å²) < 4.78 is -0.0537. The minimum Gasteiger partial charge on any atom is -0.267 e. The highest BCUT2D eigenvalue weighted by atomic mass is 35.6. The standard InChI is InChI=1S/C11H6Cl3N3O2S2/c1-6-2-8(20-5-6)16-4-7(3-15)9(18)17(10(16)19)21-11(12,13)14/h2,4-5H,1H3. The average molecular weight is 383 g/mol. The summed E-state index contributed by atoms with van der Waals surface area (Å²) in [6, 6.07) is 3.49. The number of hydrogen-bond acceptors (Lipinski definition) is 5. The molecule has 110 valence electrons. The van der Waals surface area contributed by atoms with Gasteiger partial charge in [0, 0.05) is 18.1 Å². The van der Waals surface area contributed by atoms with E-state index in [1.54, 1.807) is 12.1 Å². The van der Waals surface area contributed by atoms with Gasteiger partial charge in [0.1, 0.15) is 16.6 Å². The van der Waals surface area contributed by atoms with Crippen LogP contribution in [0, 0.1) is 18.3 Å². The lowest BCUT2D eigenvalue weighted by Gasteiger charge is -2.12. The van der Waals surface area contributed by atoms with Crippen molar-refractivity contribution in [3.8, 4) is 11.1 Å². The van der Waals surface area contributed by atoms with E-state index in [4.69, 9.17) is 40.1 Å². The van der Waals surface area contributed by atoms with Crippen LogP contribution in [0.15, 0.2) is 27.2 Å². The van der Waals surface area contributed by atoms with Crippen molar-refractivity contribution in [3.63, 3.8) is 0 Å². The van der Waals surface area contributed by atoms with Gasteiger partial charge in [-0.3, -0.25) is 9.36 Å². The third kappa shape index (κ3) is 3.65. The number of alkyl halides is 3. The van der Waals surface area contributed by atoms with Gasteiger partial charge in [0.15, 0.2) is 0 Å². The zero-order valence-corrected chi connectivity index (χ0v) is 14.2. The second kappa shape index (κ2) is 6.07. The lowest BCUT2D eigenvalue weighted by molar-refractivity contribution is 0.868. The molecule has 0 aliphatic heterocycles. The molecular weight excluding hydrogens is 377 g/mol. The first kappa shape index (κ1) is 16.5. The molecule has 0 saturated heterocycles. The SMILES string of the molecule is Cc1csc(-n2cc(C#N)c(=O)n(SC(Cl)(Cl)Cl)c2=O)c1. The van der Waals surface area contributed by atoms with Crippen LogP contribution in [0.3, 0.4) is 0 Å². The molecule has 10 heteroatoms. The summed E-state index contributed by atoms with van der Waals surface area (Å²) in [5.41, 5.74) is -0.782. The molecule has 0 aliphatic carbocycles. The minimum absolute atomic E-state index is 0.220. The number of nitriles is 1. The lowest BCUT2D eigenvalue weighted by Crippen LogP contribution is -2.38. The molecule has 21 heavy (non-hydrogen) atoms. The number of aromatic nitrogens is 2. The van der Waals surface area contributed by atoms with Crippen molar-refractivity contribution in [2.75, 3.05) is 0 Å². The largest absolute Gasteiger partial charge is 0.346 e. The molecule has 2 heterocycles. The van der Waals surface area contributed by atoms with Gasteiger partial charge in [-0.05, 0) is 23.9 Å². The fourth-order valence-electron chi connectivity index (χ4n) is 1.49. The molecule has 0 aliphatic rings. The van der Waals surface area contributed by atoms with Crippen molar-refractivity contribution in [2.24, 2.45) is 0 Å². The molecule has 2 rings (SSSR count). The first-order chi connectivity index (χ1) is 9.73. The van der Waals surface area contributed by atoms with Crippen LogP contribution in [0.4, 0.5) is 0 Å². The van der Waals surface area contributed by atoms with E-state index < -0.39 is 14.4 Å². The fourth-order valence-corrected chi connectivity index (χ4v) is 3.54. The molecule has 0 amide bonds. The highest BCUT2D eigenvalue weighted by molar-refractivity contribution is 8.03. The second-order valence-electron chi connectivity index (χ2n) is 3.91. The van der Waals surface area contributed by atoms with Crippen LogP contribution in [0.2, 0.25) is 0 Å². The third-order valence-corrected chi connectivity index (χ3v) is 4.70. The van der Waals surface area contributed by atoms with Gasteiger partial charge in [0.2, 0.25) is 0 Å². The molecule has 0 fully saturated rings. The van der Waals surface area contributed by atoms with Gasteiger partial charge in [0.25, 0.3) is 8.68 Å². The summed E-state index contributed by atoms with van der Waals surface area (Å²) in [7, 11) is 0. The maximum Gasteiger partial charge on any atom is 0.346 e. The molecule has 0 spiro atoms. The molecule has 0 atom stereocenters. The van der Waals surface area contributed by atoms with Crippen LogP contribution >= 0.6 is 58.1 Å². The van der Waals surface area contributed by atoms with Crippen LogP contribution in [0.5, 0.6) is 0 Å². The van der Waals surface area contributed by atoms with Crippen molar-refractivity contribution >= 4 is 58.1 Å². The Hall–Kier alpha value is -0.910. The summed E-state index contributed by atoms with van der Waals surface area (Å²) in [4.78, 5) is 24.4.